The summed E-state index contributed by atoms with van der Waals surface area (Å²) in [5.41, 5.74) is 2.03. The first kappa shape index (κ1) is 9.59. The third-order valence-electron chi connectivity index (χ3n) is 2.19. The van der Waals surface area contributed by atoms with Crippen LogP contribution in [0.3, 0.4) is 0 Å². The summed E-state index contributed by atoms with van der Waals surface area (Å²) in [6.07, 6.45) is 6.89. The minimum absolute atomic E-state index is 0.448. The molecule has 0 aliphatic carbocycles. The van der Waals surface area contributed by atoms with Crippen molar-refractivity contribution in [3.63, 3.8) is 0 Å². The normalized spacial score (nSPS) is 10.9. The van der Waals surface area contributed by atoms with Crippen molar-refractivity contribution < 1.29 is 4.79 Å². The molecule has 2 nitrogen and oxygen atoms in total. The van der Waals surface area contributed by atoms with E-state index in [1.165, 1.54) is 0 Å². The fraction of sp³-hybridized carbons (Fsp3) is 0.0769. The van der Waals surface area contributed by atoms with Gasteiger partial charge in [0, 0.05) is 23.6 Å². The Balaban J connectivity index is 2.46. The van der Waals surface area contributed by atoms with Crippen LogP contribution < -0.4 is 0 Å². The molecule has 2 aromatic rings. The number of hydrogen-bond donors (Lipinski definition) is 0. The van der Waals surface area contributed by atoms with E-state index in [1.807, 2.05) is 42.5 Å². The number of pyridine rings is 1. The van der Waals surface area contributed by atoms with E-state index in [-0.39, 0.29) is 0 Å². The van der Waals surface area contributed by atoms with Crippen LogP contribution in [-0.4, -0.2) is 11.3 Å². The standard InChI is InChI=1S/C13H11NO/c15-10-2-1-5-11-6-3-7-12-8-4-9-14-13(11)12/h1,3-10H,2H2. The second-order valence-corrected chi connectivity index (χ2v) is 3.23. The molecule has 0 bridgehead atoms. The van der Waals surface area contributed by atoms with Crippen molar-refractivity contribution in [3.8, 4) is 0 Å². The van der Waals surface area contributed by atoms with E-state index in [1.54, 1.807) is 6.20 Å². The smallest absolute Gasteiger partial charge is 0.123 e. The van der Waals surface area contributed by atoms with Gasteiger partial charge in [-0.1, -0.05) is 36.4 Å². The molecule has 0 aliphatic heterocycles. The largest absolute Gasteiger partial charge is 0.303 e. The van der Waals surface area contributed by atoms with Crippen LogP contribution in [0.4, 0.5) is 0 Å². The lowest BCUT2D eigenvalue weighted by molar-refractivity contribution is -0.107. The van der Waals surface area contributed by atoms with Crippen LogP contribution >= 0.6 is 0 Å². The minimum Gasteiger partial charge on any atom is -0.303 e. The number of para-hydroxylation sites is 1. The predicted molar refractivity (Wildman–Crippen MR) is 61.5 cm³/mol. The number of carbonyl (C=O) groups is 1. The summed E-state index contributed by atoms with van der Waals surface area (Å²) in [5, 5.41) is 1.12. The number of allylic oxidation sites excluding steroid dienone is 1. The number of benzene rings is 1. The van der Waals surface area contributed by atoms with E-state index < -0.39 is 0 Å². The van der Waals surface area contributed by atoms with E-state index in [0.29, 0.717) is 6.42 Å². The minimum atomic E-state index is 0.448. The highest BCUT2D eigenvalue weighted by atomic mass is 16.1. The Hall–Kier alpha value is -1.96. The van der Waals surface area contributed by atoms with E-state index in [2.05, 4.69) is 4.98 Å². The Kier molecular flexibility index (Phi) is 2.88. The second-order valence-electron chi connectivity index (χ2n) is 3.23. The van der Waals surface area contributed by atoms with Crippen LogP contribution in [0.1, 0.15) is 12.0 Å². The molecule has 0 atom stereocenters. The molecule has 0 aliphatic rings. The molecule has 1 aromatic heterocycles. The third-order valence-corrected chi connectivity index (χ3v) is 2.19. The Morgan fingerprint density at radius 2 is 2.07 bits per heavy atom. The SMILES string of the molecule is O=CCC=Cc1cccc2cccnc12. The van der Waals surface area contributed by atoms with Gasteiger partial charge in [-0.3, -0.25) is 4.98 Å². The van der Waals surface area contributed by atoms with Gasteiger partial charge in [0.2, 0.25) is 0 Å². The van der Waals surface area contributed by atoms with Crippen molar-refractivity contribution in [2.75, 3.05) is 0 Å². The number of nitrogens with zero attached hydrogens (tertiary/aromatic N) is 1. The second kappa shape index (κ2) is 4.51. The molecule has 15 heavy (non-hydrogen) atoms. The predicted octanol–water partition coefficient (Wildman–Crippen LogP) is 2.84. The average molecular weight is 197 g/mol. The highest BCUT2D eigenvalue weighted by Gasteiger charge is 1.96. The fourth-order valence-electron chi connectivity index (χ4n) is 1.51. The molecule has 0 spiro atoms. The van der Waals surface area contributed by atoms with Crippen LogP contribution in [-0.2, 0) is 4.79 Å². The zero-order valence-corrected chi connectivity index (χ0v) is 8.26. The quantitative estimate of drug-likeness (QED) is 0.708. The lowest BCUT2D eigenvalue weighted by Crippen LogP contribution is -1.81. The van der Waals surface area contributed by atoms with Gasteiger partial charge in [-0.15, -0.1) is 0 Å². The maximum Gasteiger partial charge on any atom is 0.123 e. The first-order chi connectivity index (χ1) is 7.42. The highest BCUT2D eigenvalue weighted by Crippen LogP contribution is 2.16. The van der Waals surface area contributed by atoms with Gasteiger partial charge in [0.15, 0.2) is 0 Å². The van der Waals surface area contributed by atoms with Crippen LogP contribution in [0.2, 0.25) is 0 Å². The molecule has 2 rings (SSSR count). The highest BCUT2D eigenvalue weighted by molar-refractivity contribution is 5.87. The topological polar surface area (TPSA) is 30.0 Å². The molecule has 0 saturated heterocycles. The van der Waals surface area contributed by atoms with Crippen molar-refractivity contribution >= 4 is 23.3 Å². The van der Waals surface area contributed by atoms with Crippen molar-refractivity contribution in [1.82, 2.24) is 4.98 Å². The third kappa shape index (κ3) is 2.10. The molecule has 0 radical (unpaired) electrons. The van der Waals surface area contributed by atoms with Crippen LogP contribution in [0, 0.1) is 0 Å². The lowest BCUT2D eigenvalue weighted by atomic mass is 10.1. The molecule has 74 valence electrons. The van der Waals surface area contributed by atoms with Crippen molar-refractivity contribution in [3.05, 3.63) is 48.2 Å². The Morgan fingerprint density at radius 3 is 2.93 bits per heavy atom. The van der Waals surface area contributed by atoms with Gasteiger partial charge in [0.25, 0.3) is 0 Å². The number of fused-ring (bicyclic) bond motifs is 1. The molecule has 0 saturated carbocycles. The molecule has 2 heteroatoms. The van der Waals surface area contributed by atoms with Gasteiger partial charge in [0.05, 0.1) is 5.52 Å². The van der Waals surface area contributed by atoms with Crippen molar-refractivity contribution in [2.45, 2.75) is 6.42 Å². The molecule has 0 amide bonds. The number of aromatic nitrogens is 1. The van der Waals surface area contributed by atoms with Gasteiger partial charge in [-0.25, -0.2) is 0 Å². The fourth-order valence-corrected chi connectivity index (χ4v) is 1.51. The summed E-state index contributed by atoms with van der Waals surface area (Å²) in [6, 6.07) is 9.96. The summed E-state index contributed by atoms with van der Waals surface area (Å²) < 4.78 is 0. The van der Waals surface area contributed by atoms with Gasteiger partial charge >= 0.3 is 0 Å². The van der Waals surface area contributed by atoms with Gasteiger partial charge in [0.1, 0.15) is 6.29 Å². The van der Waals surface area contributed by atoms with Crippen molar-refractivity contribution in [2.24, 2.45) is 0 Å². The monoisotopic (exact) mass is 197 g/mol. The maximum atomic E-state index is 10.2. The van der Waals surface area contributed by atoms with Crippen LogP contribution in [0.5, 0.6) is 0 Å². The zero-order valence-electron chi connectivity index (χ0n) is 8.26. The summed E-state index contributed by atoms with van der Waals surface area (Å²) in [4.78, 5) is 14.5. The maximum absolute atomic E-state index is 10.2. The Morgan fingerprint density at radius 1 is 1.20 bits per heavy atom. The molecule has 1 heterocycles. The lowest BCUT2D eigenvalue weighted by Gasteiger charge is -1.99. The van der Waals surface area contributed by atoms with Crippen molar-refractivity contribution in [1.29, 1.82) is 0 Å². The summed E-state index contributed by atoms with van der Waals surface area (Å²) in [7, 11) is 0. The van der Waals surface area contributed by atoms with E-state index in [4.69, 9.17) is 0 Å². The first-order valence-electron chi connectivity index (χ1n) is 4.86. The van der Waals surface area contributed by atoms with E-state index >= 15 is 0 Å². The molecular weight excluding hydrogens is 186 g/mol. The van der Waals surface area contributed by atoms with Gasteiger partial charge < -0.3 is 4.79 Å². The number of rotatable bonds is 3. The number of hydrogen-bond acceptors (Lipinski definition) is 2. The molecule has 0 unspecified atom stereocenters. The van der Waals surface area contributed by atoms with E-state index in [9.17, 15) is 4.79 Å². The van der Waals surface area contributed by atoms with Crippen LogP contribution in [0.15, 0.2) is 42.6 Å². The summed E-state index contributed by atoms with van der Waals surface area (Å²) >= 11 is 0. The zero-order chi connectivity index (χ0) is 10.5. The van der Waals surface area contributed by atoms with Gasteiger partial charge in [-0.05, 0) is 6.07 Å². The summed E-state index contributed by atoms with van der Waals surface area (Å²) in [6.45, 7) is 0. The number of aldehydes is 1. The molecule has 1 aromatic carbocycles. The molecular formula is C13H11NO. The van der Waals surface area contributed by atoms with Crippen LogP contribution in [0.25, 0.3) is 17.0 Å². The summed E-state index contributed by atoms with van der Waals surface area (Å²) in [5.74, 6) is 0. The number of carbonyl (C=O) groups excluding carboxylic acids is 1. The van der Waals surface area contributed by atoms with E-state index in [0.717, 1.165) is 22.8 Å². The molecule has 0 fully saturated rings. The van der Waals surface area contributed by atoms with Gasteiger partial charge in [-0.2, -0.15) is 0 Å². The first-order valence-corrected chi connectivity index (χ1v) is 4.86. The Labute approximate surface area is 88.3 Å². The molecule has 0 N–H and O–H groups in total. The average Bonchev–Trinajstić information content (AvgIpc) is 2.30. The Bertz CT molecular complexity index is 497.